The number of H-pyrrole nitrogens is 1. The van der Waals surface area contributed by atoms with E-state index in [9.17, 15) is 4.79 Å². The minimum Gasteiger partial charge on any atom is -0.361 e. The molecule has 70 valence electrons. The maximum absolute atomic E-state index is 9.87. The van der Waals surface area contributed by atoms with Gasteiger partial charge in [0.05, 0.1) is 6.54 Å². The van der Waals surface area contributed by atoms with Crippen molar-refractivity contribution in [1.29, 1.82) is 0 Å². The van der Waals surface area contributed by atoms with Crippen LogP contribution < -0.4 is 0 Å². The lowest BCUT2D eigenvalue weighted by molar-refractivity contribution is 0.563. The molecular weight excluding hydrogens is 176 g/mol. The Morgan fingerprint density at radius 1 is 1.36 bits per heavy atom. The molecule has 1 N–H and O–H groups in total. The van der Waals surface area contributed by atoms with Crippen LogP contribution in [0.3, 0.4) is 0 Å². The topological polar surface area (TPSA) is 45.2 Å². The molecule has 2 rings (SSSR count). The van der Waals surface area contributed by atoms with E-state index in [0.29, 0.717) is 6.54 Å². The molecule has 0 aliphatic heterocycles. The monoisotopic (exact) mass is 186 g/mol. The molecule has 0 radical (unpaired) electrons. The van der Waals surface area contributed by atoms with Gasteiger partial charge in [0.15, 0.2) is 0 Å². The van der Waals surface area contributed by atoms with Crippen molar-refractivity contribution >= 4 is 17.0 Å². The molecule has 1 aromatic carbocycles. The van der Waals surface area contributed by atoms with Crippen molar-refractivity contribution in [2.45, 2.75) is 6.42 Å². The molecule has 0 atom stereocenters. The Bertz CT molecular complexity index is 481. The third-order valence-corrected chi connectivity index (χ3v) is 2.20. The highest BCUT2D eigenvalue weighted by Crippen LogP contribution is 2.14. The zero-order valence-corrected chi connectivity index (χ0v) is 7.66. The smallest absolute Gasteiger partial charge is 0.234 e. The third kappa shape index (κ3) is 1.73. The number of fused-ring (bicyclic) bond motifs is 1. The second-order valence-electron chi connectivity index (χ2n) is 3.12. The van der Waals surface area contributed by atoms with Gasteiger partial charge < -0.3 is 4.98 Å². The normalized spacial score (nSPS) is 10.0. The van der Waals surface area contributed by atoms with Gasteiger partial charge in [0.1, 0.15) is 0 Å². The van der Waals surface area contributed by atoms with Gasteiger partial charge in [-0.15, -0.1) is 0 Å². The molecule has 14 heavy (non-hydrogen) atoms. The lowest BCUT2D eigenvalue weighted by Gasteiger charge is -1.97. The fourth-order valence-electron chi connectivity index (χ4n) is 1.48. The van der Waals surface area contributed by atoms with Crippen LogP contribution in [0.15, 0.2) is 35.5 Å². The molecule has 0 aliphatic rings. The Kier molecular flexibility index (Phi) is 2.43. The van der Waals surface area contributed by atoms with E-state index in [0.717, 1.165) is 11.9 Å². The number of nitrogens with zero attached hydrogens (tertiary/aromatic N) is 1. The van der Waals surface area contributed by atoms with Crippen LogP contribution in [-0.2, 0) is 11.2 Å². The van der Waals surface area contributed by atoms with Crippen LogP contribution in [-0.4, -0.2) is 17.6 Å². The van der Waals surface area contributed by atoms with E-state index < -0.39 is 0 Å². The molecule has 0 fully saturated rings. The van der Waals surface area contributed by atoms with Gasteiger partial charge in [0.25, 0.3) is 0 Å². The Morgan fingerprint density at radius 2 is 2.29 bits per heavy atom. The highest BCUT2D eigenvalue weighted by molar-refractivity contribution is 5.79. The molecule has 1 heterocycles. The van der Waals surface area contributed by atoms with Crippen LogP contribution in [0.5, 0.6) is 0 Å². The number of hydrogen-bond donors (Lipinski definition) is 1. The quantitative estimate of drug-likeness (QED) is 0.578. The molecule has 0 aliphatic carbocycles. The fourth-order valence-corrected chi connectivity index (χ4v) is 1.48. The first kappa shape index (κ1) is 8.73. The van der Waals surface area contributed by atoms with Gasteiger partial charge in [-0.3, -0.25) is 0 Å². The molecule has 0 amide bonds. The molecule has 1 aromatic heterocycles. The van der Waals surface area contributed by atoms with Crippen LogP contribution in [0.2, 0.25) is 0 Å². The maximum Gasteiger partial charge on any atom is 0.234 e. The average molecular weight is 186 g/mol. The zero-order valence-electron chi connectivity index (χ0n) is 7.66. The van der Waals surface area contributed by atoms with E-state index in [1.807, 2.05) is 12.3 Å². The summed E-state index contributed by atoms with van der Waals surface area (Å²) in [5, 5.41) is 1.20. The van der Waals surface area contributed by atoms with Crippen molar-refractivity contribution in [2.24, 2.45) is 4.99 Å². The number of aromatic nitrogens is 1. The predicted molar refractivity (Wildman–Crippen MR) is 55.0 cm³/mol. The van der Waals surface area contributed by atoms with Crippen LogP contribution >= 0.6 is 0 Å². The van der Waals surface area contributed by atoms with Crippen LogP contribution in [0.1, 0.15) is 5.56 Å². The minimum atomic E-state index is 0.510. The first-order valence-electron chi connectivity index (χ1n) is 4.50. The second kappa shape index (κ2) is 3.90. The van der Waals surface area contributed by atoms with E-state index >= 15 is 0 Å². The highest BCUT2D eigenvalue weighted by atomic mass is 16.1. The van der Waals surface area contributed by atoms with Crippen molar-refractivity contribution < 1.29 is 4.79 Å². The average Bonchev–Trinajstić information content (AvgIpc) is 2.65. The van der Waals surface area contributed by atoms with E-state index in [1.54, 1.807) is 0 Å². The van der Waals surface area contributed by atoms with Gasteiger partial charge in [0, 0.05) is 11.7 Å². The SMILES string of the molecule is O=C=NCCc1ccc2cc[nH]c2c1. The minimum absolute atomic E-state index is 0.510. The number of aromatic amines is 1. The maximum atomic E-state index is 9.87. The molecule has 2 aromatic rings. The third-order valence-electron chi connectivity index (χ3n) is 2.20. The molecule has 0 saturated carbocycles. The van der Waals surface area contributed by atoms with Crippen molar-refractivity contribution in [1.82, 2.24) is 4.98 Å². The number of rotatable bonds is 3. The Labute approximate surface area is 81.5 Å². The molecule has 0 spiro atoms. The molecular formula is C11H10N2O. The molecule has 3 heteroatoms. The standard InChI is InChI=1S/C11H10N2O/c14-8-12-5-3-9-1-2-10-4-6-13-11(10)7-9/h1-2,4,6-7,13H,3,5H2. The van der Waals surface area contributed by atoms with Gasteiger partial charge >= 0.3 is 0 Å². The molecule has 0 bridgehead atoms. The summed E-state index contributed by atoms with van der Waals surface area (Å²) in [6.45, 7) is 0.510. The summed E-state index contributed by atoms with van der Waals surface area (Å²) in [5.41, 5.74) is 2.30. The number of isocyanates is 1. The lowest BCUT2D eigenvalue weighted by atomic mass is 10.1. The lowest BCUT2D eigenvalue weighted by Crippen LogP contribution is -1.88. The first-order chi connectivity index (χ1) is 6.90. The van der Waals surface area contributed by atoms with Crippen molar-refractivity contribution in [2.75, 3.05) is 6.54 Å². The van der Waals surface area contributed by atoms with E-state index in [4.69, 9.17) is 0 Å². The van der Waals surface area contributed by atoms with Crippen molar-refractivity contribution in [3.63, 3.8) is 0 Å². The van der Waals surface area contributed by atoms with E-state index in [-0.39, 0.29) is 0 Å². The number of nitrogens with one attached hydrogen (secondary N) is 1. The molecule has 0 saturated heterocycles. The van der Waals surface area contributed by atoms with Gasteiger partial charge in [-0.2, -0.15) is 0 Å². The summed E-state index contributed by atoms with van der Waals surface area (Å²) in [4.78, 5) is 16.5. The summed E-state index contributed by atoms with van der Waals surface area (Å²) < 4.78 is 0. The second-order valence-corrected chi connectivity index (χ2v) is 3.12. The molecule has 3 nitrogen and oxygen atoms in total. The highest BCUT2D eigenvalue weighted by Gasteiger charge is 1.96. The van der Waals surface area contributed by atoms with Crippen LogP contribution in [0.4, 0.5) is 0 Å². The predicted octanol–water partition coefficient (Wildman–Crippen LogP) is 2.05. The van der Waals surface area contributed by atoms with Crippen LogP contribution in [0.25, 0.3) is 10.9 Å². The number of aliphatic imine (C=N–C) groups is 1. The van der Waals surface area contributed by atoms with Crippen LogP contribution in [0, 0.1) is 0 Å². The number of hydrogen-bond acceptors (Lipinski definition) is 2. The summed E-state index contributed by atoms with van der Waals surface area (Å²) in [5.74, 6) is 0. The van der Waals surface area contributed by atoms with Gasteiger partial charge in [0.2, 0.25) is 6.08 Å². The summed E-state index contributed by atoms with van der Waals surface area (Å²) in [6, 6.07) is 8.22. The van der Waals surface area contributed by atoms with Gasteiger partial charge in [-0.05, 0) is 29.5 Å². The van der Waals surface area contributed by atoms with Crippen molar-refractivity contribution in [3.05, 3.63) is 36.0 Å². The van der Waals surface area contributed by atoms with Crippen molar-refractivity contribution in [3.8, 4) is 0 Å². The van der Waals surface area contributed by atoms with Gasteiger partial charge in [-0.1, -0.05) is 12.1 Å². The summed E-state index contributed by atoms with van der Waals surface area (Å²) in [7, 11) is 0. The zero-order chi connectivity index (χ0) is 9.80. The number of carbonyl (C=O) groups excluding carboxylic acids is 1. The number of benzene rings is 1. The van der Waals surface area contributed by atoms with E-state index in [2.05, 4.69) is 28.2 Å². The largest absolute Gasteiger partial charge is 0.361 e. The first-order valence-corrected chi connectivity index (χ1v) is 4.50. The fraction of sp³-hybridized carbons (Fsp3) is 0.182. The summed E-state index contributed by atoms with van der Waals surface area (Å²) in [6.07, 6.45) is 4.23. The van der Waals surface area contributed by atoms with Gasteiger partial charge in [-0.25, -0.2) is 9.79 Å². The Hall–Kier alpha value is -1.86. The Balaban J connectivity index is 2.21. The summed E-state index contributed by atoms with van der Waals surface area (Å²) >= 11 is 0. The molecule has 0 unspecified atom stereocenters. The Morgan fingerprint density at radius 3 is 3.14 bits per heavy atom. The van der Waals surface area contributed by atoms with E-state index in [1.165, 1.54) is 17.0 Å².